The average molecular weight is 303 g/mol. The van der Waals surface area contributed by atoms with E-state index in [0.717, 1.165) is 12.8 Å². The highest BCUT2D eigenvalue weighted by molar-refractivity contribution is 7.88. The molecule has 2 unspecified atom stereocenters. The Morgan fingerprint density at radius 3 is 2.70 bits per heavy atom. The number of rotatable bonds is 3. The van der Waals surface area contributed by atoms with Crippen molar-refractivity contribution >= 4 is 21.8 Å². The Morgan fingerprint density at radius 2 is 2.05 bits per heavy atom. The van der Waals surface area contributed by atoms with Crippen LogP contribution in [0.5, 0.6) is 0 Å². The van der Waals surface area contributed by atoms with Gasteiger partial charge in [-0.15, -0.1) is 0 Å². The molecule has 2 fully saturated rings. The molecule has 114 valence electrons. The number of piperazine rings is 1. The van der Waals surface area contributed by atoms with Crippen molar-refractivity contribution in [1.82, 2.24) is 14.5 Å². The predicted molar refractivity (Wildman–Crippen MR) is 73.3 cm³/mol. The van der Waals surface area contributed by atoms with Crippen molar-refractivity contribution in [1.29, 1.82) is 0 Å². The molecule has 0 aromatic rings. The number of hydrogen-bond donors (Lipinski definition) is 1. The van der Waals surface area contributed by atoms with E-state index in [-0.39, 0.29) is 24.3 Å². The Balaban J connectivity index is 1.99. The molecule has 0 spiro atoms. The molecule has 2 saturated heterocycles. The zero-order valence-corrected chi connectivity index (χ0v) is 12.6. The number of carbonyl (C=O) groups excluding carboxylic acids is 2. The first-order valence-corrected chi connectivity index (χ1v) is 8.65. The maximum Gasteiger partial charge on any atom is 0.245 e. The lowest BCUT2D eigenvalue weighted by Crippen LogP contribution is -2.58. The van der Waals surface area contributed by atoms with Crippen molar-refractivity contribution in [2.75, 3.05) is 32.4 Å². The molecule has 2 aliphatic rings. The largest absolute Gasteiger partial charge is 0.343 e. The second-order valence-electron chi connectivity index (χ2n) is 5.64. The summed E-state index contributed by atoms with van der Waals surface area (Å²) in [7, 11) is -3.18. The van der Waals surface area contributed by atoms with E-state index in [9.17, 15) is 18.0 Å². The molecule has 0 saturated carbocycles. The summed E-state index contributed by atoms with van der Waals surface area (Å²) in [5, 5.41) is 2.59. The number of nitrogens with zero attached hydrogens (tertiary/aromatic N) is 2. The molecular weight excluding hydrogens is 282 g/mol. The van der Waals surface area contributed by atoms with Gasteiger partial charge >= 0.3 is 0 Å². The van der Waals surface area contributed by atoms with Gasteiger partial charge in [0.2, 0.25) is 21.8 Å². The third-order valence-electron chi connectivity index (χ3n) is 3.82. The minimum atomic E-state index is -3.18. The van der Waals surface area contributed by atoms with E-state index in [1.807, 2.05) is 0 Å². The molecule has 7 nitrogen and oxygen atoms in total. The lowest BCUT2D eigenvalue weighted by atomic mass is 9.98. The van der Waals surface area contributed by atoms with Gasteiger partial charge in [0.1, 0.15) is 6.04 Å². The van der Waals surface area contributed by atoms with Crippen LogP contribution in [0, 0.1) is 5.92 Å². The minimum absolute atomic E-state index is 0.0680. The third kappa shape index (κ3) is 3.49. The fourth-order valence-electron chi connectivity index (χ4n) is 2.82. The highest BCUT2D eigenvalue weighted by atomic mass is 32.2. The van der Waals surface area contributed by atoms with Gasteiger partial charge in [0.05, 0.1) is 12.8 Å². The molecule has 20 heavy (non-hydrogen) atoms. The Hall–Kier alpha value is -1.15. The number of sulfonamides is 1. The Bertz CT molecular complexity index is 505. The highest BCUT2D eigenvalue weighted by Gasteiger charge is 2.33. The summed E-state index contributed by atoms with van der Waals surface area (Å²) in [6.45, 7) is 3.15. The molecule has 0 aromatic heterocycles. The number of carbonyl (C=O) groups is 2. The fourth-order valence-corrected chi connectivity index (χ4v) is 3.76. The van der Waals surface area contributed by atoms with Crippen molar-refractivity contribution in [3.05, 3.63) is 0 Å². The van der Waals surface area contributed by atoms with Gasteiger partial charge in [-0.2, -0.15) is 0 Å². The second-order valence-corrected chi connectivity index (χ2v) is 7.62. The van der Waals surface area contributed by atoms with Crippen LogP contribution in [-0.4, -0.2) is 67.9 Å². The van der Waals surface area contributed by atoms with Crippen molar-refractivity contribution in [2.45, 2.75) is 25.8 Å². The van der Waals surface area contributed by atoms with E-state index in [2.05, 4.69) is 5.32 Å². The SMILES string of the molecule is CC1NC(=O)CN(CC2CCCN(S(C)(=O)=O)C2)C1=O. The van der Waals surface area contributed by atoms with Crippen molar-refractivity contribution in [3.8, 4) is 0 Å². The first-order valence-electron chi connectivity index (χ1n) is 6.80. The summed E-state index contributed by atoms with van der Waals surface area (Å²) >= 11 is 0. The summed E-state index contributed by atoms with van der Waals surface area (Å²) in [4.78, 5) is 25.0. The van der Waals surface area contributed by atoms with Gasteiger partial charge in [0.15, 0.2) is 0 Å². The van der Waals surface area contributed by atoms with Crippen molar-refractivity contribution in [2.24, 2.45) is 5.92 Å². The Kier molecular flexibility index (Phi) is 4.33. The number of nitrogens with one attached hydrogen (secondary N) is 1. The summed E-state index contributed by atoms with van der Waals surface area (Å²) in [6.07, 6.45) is 2.88. The summed E-state index contributed by atoms with van der Waals surface area (Å²) in [5.41, 5.74) is 0. The van der Waals surface area contributed by atoms with Crippen LogP contribution in [0.2, 0.25) is 0 Å². The van der Waals surface area contributed by atoms with Gasteiger partial charge in [0.25, 0.3) is 0 Å². The second kappa shape index (κ2) is 5.69. The lowest BCUT2D eigenvalue weighted by Gasteiger charge is -2.37. The molecular formula is C12H21N3O4S. The van der Waals surface area contributed by atoms with Gasteiger partial charge in [-0.05, 0) is 25.7 Å². The maximum atomic E-state index is 12.0. The lowest BCUT2D eigenvalue weighted by molar-refractivity contribution is -0.144. The molecule has 0 aromatic carbocycles. The molecule has 2 rings (SSSR count). The normalized spacial score (nSPS) is 29.4. The third-order valence-corrected chi connectivity index (χ3v) is 5.09. The monoisotopic (exact) mass is 303 g/mol. The van der Waals surface area contributed by atoms with E-state index in [1.54, 1.807) is 11.8 Å². The predicted octanol–water partition coefficient (Wildman–Crippen LogP) is -0.995. The summed E-state index contributed by atoms with van der Waals surface area (Å²) in [6, 6.07) is -0.495. The van der Waals surface area contributed by atoms with Crippen LogP contribution in [0.3, 0.4) is 0 Å². The van der Waals surface area contributed by atoms with Crippen LogP contribution >= 0.6 is 0 Å². The zero-order chi connectivity index (χ0) is 14.9. The molecule has 2 atom stereocenters. The van der Waals surface area contributed by atoms with E-state index in [1.165, 1.54) is 10.6 Å². The zero-order valence-electron chi connectivity index (χ0n) is 11.8. The molecule has 2 heterocycles. The van der Waals surface area contributed by atoms with Crippen molar-refractivity contribution in [3.63, 3.8) is 0 Å². The maximum absolute atomic E-state index is 12.0. The van der Waals surface area contributed by atoms with E-state index < -0.39 is 16.1 Å². The van der Waals surface area contributed by atoms with E-state index in [4.69, 9.17) is 0 Å². The average Bonchev–Trinajstić information content (AvgIpc) is 2.35. The molecule has 0 bridgehead atoms. The minimum Gasteiger partial charge on any atom is -0.343 e. The quantitative estimate of drug-likeness (QED) is 0.725. The van der Waals surface area contributed by atoms with Gasteiger partial charge < -0.3 is 10.2 Å². The molecule has 2 amide bonds. The first-order chi connectivity index (χ1) is 9.27. The molecule has 0 aliphatic carbocycles. The van der Waals surface area contributed by atoms with Crippen LogP contribution < -0.4 is 5.32 Å². The number of hydrogen-bond acceptors (Lipinski definition) is 4. The Labute approximate surface area is 119 Å². The van der Waals surface area contributed by atoms with Crippen LogP contribution in [0.4, 0.5) is 0 Å². The van der Waals surface area contributed by atoms with Gasteiger partial charge in [-0.3, -0.25) is 9.59 Å². The van der Waals surface area contributed by atoms with Crippen LogP contribution in [-0.2, 0) is 19.6 Å². The highest BCUT2D eigenvalue weighted by Crippen LogP contribution is 2.20. The Morgan fingerprint density at radius 1 is 1.35 bits per heavy atom. The standard InChI is InChI=1S/C12H21N3O4S/c1-9-12(17)14(8-11(16)13-9)6-10-4-3-5-15(7-10)20(2,18)19/h9-10H,3-8H2,1-2H3,(H,13,16). The molecule has 8 heteroatoms. The summed E-state index contributed by atoms with van der Waals surface area (Å²) in [5.74, 6) is -0.158. The van der Waals surface area contributed by atoms with Crippen molar-refractivity contribution < 1.29 is 18.0 Å². The fraction of sp³-hybridized carbons (Fsp3) is 0.833. The summed E-state index contributed by atoms with van der Waals surface area (Å²) < 4.78 is 24.6. The molecule has 1 N–H and O–H groups in total. The number of amides is 2. The number of piperidine rings is 1. The smallest absolute Gasteiger partial charge is 0.245 e. The van der Waals surface area contributed by atoms with E-state index >= 15 is 0 Å². The molecule has 0 radical (unpaired) electrons. The van der Waals surface area contributed by atoms with E-state index in [0.29, 0.717) is 19.6 Å². The van der Waals surface area contributed by atoms with Crippen LogP contribution in [0.1, 0.15) is 19.8 Å². The van der Waals surface area contributed by atoms with Crippen LogP contribution in [0.15, 0.2) is 0 Å². The first kappa shape index (κ1) is 15.2. The van der Waals surface area contributed by atoms with Crippen LogP contribution in [0.25, 0.3) is 0 Å². The van der Waals surface area contributed by atoms with Gasteiger partial charge in [0, 0.05) is 19.6 Å². The topological polar surface area (TPSA) is 86.8 Å². The van der Waals surface area contributed by atoms with Gasteiger partial charge in [-0.25, -0.2) is 12.7 Å². The molecule has 2 aliphatic heterocycles. The van der Waals surface area contributed by atoms with Gasteiger partial charge in [-0.1, -0.05) is 0 Å².